The van der Waals surface area contributed by atoms with Crippen molar-refractivity contribution in [3.05, 3.63) is 54.0 Å². The van der Waals surface area contributed by atoms with Crippen LogP contribution >= 0.6 is 0 Å². The minimum absolute atomic E-state index is 0.219. The molecular weight excluding hydrogens is 430 g/mol. The molecule has 9 heteroatoms. The van der Waals surface area contributed by atoms with Crippen molar-refractivity contribution in [3.63, 3.8) is 0 Å². The monoisotopic (exact) mass is 461 g/mol. The molecule has 0 bridgehead atoms. The van der Waals surface area contributed by atoms with E-state index < -0.39 is 5.91 Å². The summed E-state index contributed by atoms with van der Waals surface area (Å²) in [6, 6.07) is 8.01. The Labute approximate surface area is 199 Å². The summed E-state index contributed by atoms with van der Waals surface area (Å²) in [6.45, 7) is 7.75. The molecule has 9 nitrogen and oxygen atoms in total. The number of carbonyl (C=O) groups excluding carboxylic acids is 2. The van der Waals surface area contributed by atoms with Gasteiger partial charge in [0.15, 0.2) is 5.82 Å². The van der Waals surface area contributed by atoms with Crippen LogP contribution < -0.4 is 11.1 Å². The van der Waals surface area contributed by atoms with Gasteiger partial charge in [-0.3, -0.25) is 19.6 Å². The molecule has 1 heterocycles. The number of allylic oxidation sites excluding steroid dienone is 2. The smallest absolute Gasteiger partial charge is 0.273 e. The van der Waals surface area contributed by atoms with E-state index in [9.17, 15) is 9.59 Å². The summed E-state index contributed by atoms with van der Waals surface area (Å²) in [5.41, 5.74) is 9.02. The van der Waals surface area contributed by atoms with E-state index in [1.807, 2.05) is 45.0 Å². The highest BCUT2D eigenvalue weighted by Gasteiger charge is 2.26. The van der Waals surface area contributed by atoms with E-state index in [2.05, 4.69) is 30.1 Å². The molecule has 1 aromatic carbocycles. The highest BCUT2D eigenvalue weighted by molar-refractivity contribution is 6.47. The van der Waals surface area contributed by atoms with Crippen molar-refractivity contribution in [1.29, 1.82) is 0 Å². The van der Waals surface area contributed by atoms with Gasteiger partial charge in [-0.1, -0.05) is 19.1 Å². The molecule has 0 unspecified atom stereocenters. The van der Waals surface area contributed by atoms with E-state index in [-0.39, 0.29) is 11.6 Å². The summed E-state index contributed by atoms with van der Waals surface area (Å²) >= 11 is 0. The number of rotatable bonds is 10. The van der Waals surface area contributed by atoms with Gasteiger partial charge in [0.1, 0.15) is 17.8 Å². The Balaban J connectivity index is 1.81. The molecule has 34 heavy (non-hydrogen) atoms. The molecule has 1 aromatic heterocycles. The summed E-state index contributed by atoms with van der Waals surface area (Å²) in [5.74, 6) is -0.0887. The van der Waals surface area contributed by atoms with Gasteiger partial charge in [-0.15, -0.1) is 10.2 Å². The summed E-state index contributed by atoms with van der Waals surface area (Å²) in [5, 5.41) is 11.3. The third-order valence-electron chi connectivity index (χ3n) is 5.46. The molecule has 1 aliphatic carbocycles. The van der Waals surface area contributed by atoms with Gasteiger partial charge >= 0.3 is 0 Å². The predicted octanol–water partition coefficient (Wildman–Crippen LogP) is 3.87. The van der Waals surface area contributed by atoms with Gasteiger partial charge < -0.3 is 15.6 Å². The van der Waals surface area contributed by atoms with E-state index >= 15 is 0 Å². The van der Waals surface area contributed by atoms with Crippen molar-refractivity contribution >= 4 is 28.9 Å². The molecule has 2 aromatic rings. The van der Waals surface area contributed by atoms with Crippen molar-refractivity contribution < 1.29 is 9.59 Å². The molecule has 1 fully saturated rings. The van der Waals surface area contributed by atoms with Crippen LogP contribution in [0.2, 0.25) is 0 Å². The first-order valence-electron chi connectivity index (χ1n) is 11.4. The number of aromatic nitrogens is 3. The van der Waals surface area contributed by atoms with Crippen molar-refractivity contribution in [2.45, 2.75) is 53.0 Å². The molecule has 1 aliphatic rings. The lowest BCUT2D eigenvalue weighted by atomic mass is 10.0. The molecule has 178 valence electrons. The maximum atomic E-state index is 13.1. The highest BCUT2D eigenvalue weighted by atomic mass is 16.2. The lowest BCUT2D eigenvalue weighted by Crippen LogP contribution is -2.22. The molecule has 3 rings (SSSR count). The molecule has 3 N–H and O–H groups in total. The number of aliphatic imine (C=N–C) groups is 2. The van der Waals surface area contributed by atoms with Crippen LogP contribution in [0, 0.1) is 0 Å². The largest absolute Gasteiger partial charge is 0.365 e. The number of amides is 2. The van der Waals surface area contributed by atoms with E-state index in [0.717, 1.165) is 35.4 Å². The SMILES string of the molecule is CCN=C(/C=C(C)/C(=C/N=C(C)C(N)=O)CC)C(=O)Nc1cccc(-c2nncn2C2CC2)c1. The standard InChI is InChI=1S/C25H31N7O2/c1-5-18(14-28-17(4)23(26)33)16(3)12-22(27-6-2)25(34)30-20-9-7-8-19(13-20)24-31-29-15-32(24)21-10-11-21/h7-9,12-15,21H,5-6,10-11H2,1-4H3,(H2,26,33)(H,30,34)/b16-12+,18-14+,27-22?,28-17?. The maximum Gasteiger partial charge on any atom is 0.273 e. The number of anilines is 1. The van der Waals surface area contributed by atoms with E-state index in [4.69, 9.17) is 5.73 Å². The van der Waals surface area contributed by atoms with E-state index in [1.54, 1.807) is 25.5 Å². The van der Waals surface area contributed by atoms with Crippen molar-refractivity contribution in [3.8, 4) is 11.4 Å². The Morgan fingerprint density at radius 2 is 2.03 bits per heavy atom. The number of hydrogen-bond donors (Lipinski definition) is 2. The number of benzene rings is 1. The predicted molar refractivity (Wildman–Crippen MR) is 135 cm³/mol. The molecule has 0 spiro atoms. The third kappa shape index (κ3) is 6.34. The molecule has 0 saturated heterocycles. The van der Waals surface area contributed by atoms with Crippen LogP contribution in [0.3, 0.4) is 0 Å². The zero-order valence-corrected chi connectivity index (χ0v) is 20.1. The fourth-order valence-electron chi connectivity index (χ4n) is 3.36. The Bertz CT molecular complexity index is 1180. The Morgan fingerprint density at radius 1 is 1.26 bits per heavy atom. The highest BCUT2D eigenvalue weighted by Crippen LogP contribution is 2.37. The first-order chi connectivity index (χ1) is 16.3. The number of nitrogens with one attached hydrogen (secondary N) is 1. The van der Waals surface area contributed by atoms with Crippen molar-refractivity contribution in [1.82, 2.24) is 14.8 Å². The van der Waals surface area contributed by atoms with Crippen LogP contribution in [-0.4, -0.2) is 44.5 Å². The first kappa shape index (κ1) is 24.8. The maximum absolute atomic E-state index is 13.1. The average molecular weight is 462 g/mol. The normalized spacial score (nSPS) is 15.4. The van der Waals surface area contributed by atoms with Crippen LogP contribution in [0.15, 0.2) is 64.0 Å². The van der Waals surface area contributed by atoms with Gasteiger partial charge in [0, 0.05) is 30.0 Å². The fraction of sp³-hybridized carbons (Fsp3) is 0.360. The number of hydrogen-bond acceptors (Lipinski definition) is 6. The summed E-state index contributed by atoms with van der Waals surface area (Å²) < 4.78 is 2.08. The number of nitrogens with two attached hydrogens (primary N) is 1. The van der Waals surface area contributed by atoms with Gasteiger partial charge in [-0.2, -0.15) is 0 Å². The Kier molecular flexibility index (Phi) is 8.24. The minimum Gasteiger partial charge on any atom is -0.365 e. The van der Waals surface area contributed by atoms with Crippen molar-refractivity contribution in [2.24, 2.45) is 15.7 Å². The third-order valence-corrected chi connectivity index (χ3v) is 5.46. The zero-order chi connectivity index (χ0) is 24.7. The van der Waals surface area contributed by atoms with Gasteiger partial charge in [0.25, 0.3) is 11.8 Å². The summed E-state index contributed by atoms with van der Waals surface area (Å²) in [6.07, 6.45) is 8.02. The number of primary amides is 1. The number of nitrogens with zero attached hydrogens (tertiary/aromatic N) is 5. The minimum atomic E-state index is -0.571. The van der Waals surface area contributed by atoms with E-state index in [0.29, 0.717) is 30.4 Å². The van der Waals surface area contributed by atoms with Gasteiger partial charge in [0.05, 0.1) is 0 Å². The second-order valence-electron chi connectivity index (χ2n) is 8.10. The quantitative estimate of drug-likeness (QED) is 0.411. The molecule has 0 atom stereocenters. The van der Waals surface area contributed by atoms with Gasteiger partial charge in [-0.05, 0) is 69.4 Å². The van der Waals surface area contributed by atoms with Crippen LogP contribution in [0.25, 0.3) is 11.4 Å². The lowest BCUT2D eigenvalue weighted by Gasteiger charge is -2.10. The fourth-order valence-corrected chi connectivity index (χ4v) is 3.36. The molecule has 0 radical (unpaired) electrons. The molecular formula is C25H31N7O2. The topological polar surface area (TPSA) is 128 Å². The van der Waals surface area contributed by atoms with E-state index in [1.165, 1.54) is 0 Å². The van der Waals surface area contributed by atoms with Gasteiger partial charge in [0.2, 0.25) is 0 Å². The second-order valence-corrected chi connectivity index (χ2v) is 8.10. The van der Waals surface area contributed by atoms with Crippen LogP contribution in [-0.2, 0) is 9.59 Å². The van der Waals surface area contributed by atoms with Crippen LogP contribution in [0.4, 0.5) is 5.69 Å². The average Bonchev–Trinajstić information content (AvgIpc) is 3.55. The summed E-state index contributed by atoms with van der Waals surface area (Å²) in [4.78, 5) is 32.8. The Morgan fingerprint density at radius 3 is 2.68 bits per heavy atom. The van der Waals surface area contributed by atoms with Crippen LogP contribution in [0.1, 0.15) is 53.0 Å². The zero-order valence-electron chi connectivity index (χ0n) is 20.1. The second kappa shape index (κ2) is 11.3. The van der Waals surface area contributed by atoms with Crippen LogP contribution in [0.5, 0.6) is 0 Å². The molecule has 1 saturated carbocycles. The number of carbonyl (C=O) groups is 2. The molecule has 2 amide bonds. The lowest BCUT2D eigenvalue weighted by molar-refractivity contribution is -0.112. The Hall–Kier alpha value is -3.88. The molecule has 0 aliphatic heterocycles. The van der Waals surface area contributed by atoms with Gasteiger partial charge in [-0.25, -0.2) is 0 Å². The first-order valence-corrected chi connectivity index (χ1v) is 11.4. The van der Waals surface area contributed by atoms with Crippen molar-refractivity contribution in [2.75, 3.05) is 11.9 Å². The summed E-state index contributed by atoms with van der Waals surface area (Å²) in [7, 11) is 0.